The number of rotatable bonds is 4. The van der Waals surface area contributed by atoms with E-state index in [1.807, 2.05) is 0 Å². The normalized spacial score (nSPS) is 32.7. The Morgan fingerprint density at radius 3 is 2.57 bits per heavy atom. The molecule has 0 aromatic heterocycles. The van der Waals surface area contributed by atoms with Crippen molar-refractivity contribution in [1.82, 2.24) is 15.1 Å². The van der Waals surface area contributed by atoms with E-state index in [2.05, 4.69) is 15.1 Å². The zero-order valence-electron chi connectivity index (χ0n) is 14.1. The lowest BCUT2D eigenvalue weighted by molar-refractivity contribution is -0.212. The third-order valence-corrected chi connectivity index (χ3v) is 5.91. The van der Waals surface area contributed by atoms with Gasteiger partial charge >= 0.3 is 0 Å². The van der Waals surface area contributed by atoms with Crippen molar-refractivity contribution in [2.24, 2.45) is 5.92 Å². The number of morpholine rings is 1. The van der Waals surface area contributed by atoms with Gasteiger partial charge in [0.25, 0.3) is 0 Å². The summed E-state index contributed by atoms with van der Waals surface area (Å²) in [6.45, 7) is 6.30. The van der Waals surface area contributed by atoms with Gasteiger partial charge in [0.05, 0.1) is 6.61 Å². The Hall–Kier alpha value is -0.690. The maximum Gasteiger partial charge on any atom is 0.239 e. The zero-order chi connectivity index (χ0) is 15.9. The molecule has 1 unspecified atom stereocenters. The van der Waals surface area contributed by atoms with Gasteiger partial charge < -0.3 is 14.8 Å². The number of carbonyl (C=O) groups is 1. The minimum atomic E-state index is -0.108. The van der Waals surface area contributed by atoms with E-state index in [0.717, 1.165) is 58.2 Å². The Bertz CT molecular complexity index is 442. The molecule has 1 saturated carbocycles. The first kappa shape index (κ1) is 15.8. The predicted octanol–water partition coefficient (Wildman–Crippen LogP) is 0.0766. The van der Waals surface area contributed by atoms with E-state index >= 15 is 0 Å². The van der Waals surface area contributed by atoms with Gasteiger partial charge in [0, 0.05) is 52.5 Å². The van der Waals surface area contributed by atoms with Crippen LogP contribution in [0.5, 0.6) is 0 Å². The molecular formula is C17H29N3O3. The van der Waals surface area contributed by atoms with Crippen LogP contribution in [0, 0.1) is 5.92 Å². The second-order valence-electron chi connectivity index (χ2n) is 7.75. The lowest BCUT2D eigenvalue weighted by atomic mass is 9.87. The molecule has 6 heteroatoms. The predicted molar refractivity (Wildman–Crippen MR) is 86.2 cm³/mol. The standard InChI is InChI=1S/C17H29N3O3/c1-18-16(21)15-9-23-17(10-19(15)8-13-2-3-13)11-20(12-17)14-4-6-22-7-5-14/h13-15H,2-12H2,1H3,(H,18,21). The monoisotopic (exact) mass is 323 g/mol. The number of hydrogen-bond acceptors (Lipinski definition) is 5. The Kier molecular flexibility index (Phi) is 4.34. The SMILES string of the molecule is CNC(=O)C1COC2(CN(C3CCOCC3)C2)CN1CC1CC1. The van der Waals surface area contributed by atoms with Crippen molar-refractivity contribution in [3.05, 3.63) is 0 Å². The first-order chi connectivity index (χ1) is 11.2. The van der Waals surface area contributed by atoms with Gasteiger partial charge in [-0.25, -0.2) is 0 Å². The summed E-state index contributed by atoms with van der Waals surface area (Å²) in [6, 6.07) is 0.551. The van der Waals surface area contributed by atoms with E-state index in [-0.39, 0.29) is 17.6 Å². The van der Waals surface area contributed by atoms with Gasteiger partial charge in [-0.3, -0.25) is 14.6 Å². The Labute approximate surface area is 138 Å². The minimum Gasteiger partial charge on any atom is -0.381 e. The molecule has 0 radical (unpaired) electrons. The third-order valence-electron chi connectivity index (χ3n) is 5.91. The number of likely N-dealkylation sites (tertiary alicyclic amines) is 1. The van der Waals surface area contributed by atoms with E-state index in [1.165, 1.54) is 12.8 Å². The van der Waals surface area contributed by atoms with Crippen LogP contribution in [-0.4, -0.2) is 86.4 Å². The quantitative estimate of drug-likeness (QED) is 0.794. The molecular weight excluding hydrogens is 294 g/mol. The summed E-state index contributed by atoms with van der Waals surface area (Å²) in [4.78, 5) is 17.1. The van der Waals surface area contributed by atoms with E-state index in [0.29, 0.717) is 12.6 Å². The summed E-state index contributed by atoms with van der Waals surface area (Å²) in [5.41, 5.74) is -0.0439. The van der Waals surface area contributed by atoms with Crippen molar-refractivity contribution in [3.63, 3.8) is 0 Å². The second kappa shape index (κ2) is 6.31. The Morgan fingerprint density at radius 2 is 1.91 bits per heavy atom. The molecule has 4 fully saturated rings. The summed E-state index contributed by atoms with van der Waals surface area (Å²) in [5.74, 6) is 0.894. The molecule has 1 amide bonds. The van der Waals surface area contributed by atoms with E-state index in [9.17, 15) is 4.79 Å². The molecule has 130 valence electrons. The summed E-state index contributed by atoms with van der Waals surface area (Å²) >= 11 is 0. The van der Waals surface area contributed by atoms with Gasteiger partial charge in [-0.15, -0.1) is 0 Å². The highest BCUT2D eigenvalue weighted by atomic mass is 16.5. The van der Waals surface area contributed by atoms with E-state index < -0.39 is 0 Å². The van der Waals surface area contributed by atoms with Crippen LogP contribution in [0.15, 0.2) is 0 Å². The largest absolute Gasteiger partial charge is 0.381 e. The number of amides is 1. The van der Waals surface area contributed by atoms with E-state index in [4.69, 9.17) is 9.47 Å². The van der Waals surface area contributed by atoms with Gasteiger partial charge in [-0.1, -0.05) is 0 Å². The van der Waals surface area contributed by atoms with E-state index in [1.54, 1.807) is 7.05 Å². The van der Waals surface area contributed by atoms with Gasteiger partial charge in [0.1, 0.15) is 11.6 Å². The van der Waals surface area contributed by atoms with Crippen LogP contribution >= 0.6 is 0 Å². The van der Waals surface area contributed by atoms with Gasteiger partial charge in [0.15, 0.2) is 0 Å². The van der Waals surface area contributed by atoms with Gasteiger partial charge in [0.2, 0.25) is 5.91 Å². The lowest BCUT2D eigenvalue weighted by Crippen LogP contribution is -2.74. The fourth-order valence-electron chi connectivity index (χ4n) is 4.31. The van der Waals surface area contributed by atoms with Crippen LogP contribution in [0.2, 0.25) is 0 Å². The highest BCUT2D eigenvalue weighted by Crippen LogP contribution is 2.37. The van der Waals surface area contributed by atoms with Crippen molar-refractivity contribution in [1.29, 1.82) is 0 Å². The van der Waals surface area contributed by atoms with Crippen LogP contribution < -0.4 is 5.32 Å². The summed E-state index contributed by atoms with van der Waals surface area (Å²) in [7, 11) is 1.72. The molecule has 3 aliphatic heterocycles. The minimum absolute atomic E-state index is 0.0439. The molecule has 4 aliphatic rings. The Morgan fingerprint density at radius 1 is 1.17 bits per heavy atom. The third kappa shape index (κ3) is 3.27. The molecule has 23 heavy (non-hydrogen) atoms. The number of nitrogens with zero attached hydrogens (tertiary/aromatic N) is 2. The highest BCUT2D eigenvalue weighted by molar-refractivity contribution is 5.81. The van der Waals surface area contributed by atoms with Crippen molar-refractivity contribution in [3.8, 4) is 0 Å². The summed E-state index contributed by atoms with van der Waals surface area (Å²) < 4.78 is 11.7. The van der Waals surface area contributed by atoms with Crippen molar-refractivity contribution in [2.75, 3.05) is 53.0 Å². The smallest absolute Gasteiger partial charge is 0.239 e. The molecule has 1 atom stereocenters. The molecule has 3 heterocycles. The molecule has 3 saturated heterocycles. The molecule has 6 nitrogen and oxygen atoms in total. The molecule has 0 bridgehead atoms. The van der Waals surface area contributed by atoms with Crippen LogP contribution in [-0.2, 0) is 14.3 Å². The van der Waals surface area contributed by atoms with Crippen molar-refractivity contribution >= 4 is 5.91 Å². The summed E-state index contributed by atoms with van der Waals surface area (Å²) in [6.07, 6.45) is 4.92. The molecule has 0 aromatic rings. The van der Waals surface area contributed by atoms with Crippen molar-refractivity contribution in [2.45, 2.75) is 43.4 Å². The molecule has 1 aliphatic carbocycles. The first-order valence-corrected chi connectivity index (χ1v) is 9.10. The molecule has 4 rings (SSSR count). The number of nitrogens with one attached hydrogen (secondary N) is 1. The maximum absolute atomic E-state index is 12.2. The number of ether oxygens (including phenoxy) is 2. The van der Waals surface area contributed by atoms with Crippen LogP contribution in [0.3, 0.4) is 0 Å². The zero-order valence-corrected chi connectivity index (χ0v) is 14.1. The number of hydrogen-bond donors (Lipinski definition) is 1. The Balaban J connectivity index is 1.36. The van der Waals surface area contributed by atoms with Crippen LogP contribution in [0.25, 0.3) is 0 Å². The maximum atomic E-state index is 12.2. The molecule has 1 spiro atoms. The second-order valence-corrected chi connectivity index (χ2v) is 7.75. The number of likely N-dealkylation sites (N-methyl/N-ethyl adjacent to an activating group) is 1. The van der Waals surface area contributed by atoms with Gasteiger partial charge in [-0.2, -0.15) is 0 Å². The van der Waals surface area contributed by atoms with Gasteiger partial charge in [-0.05, 0) is 31.6 Å². The van der Waals surface area contributed by atoms with Crippen LogP contribution in [0.4, 0.5) is 0 Å². The molecule has 1 N–H and O–H groups in total. The fourth-order valence-corrected chi connectivity index (χ4v) is 4.31. The average molecular weight is 323 g/mol. The molecule has 0 aromatic carbocycles. The topological polar surface area (TPSA) is 54.0 Å². The van der Waals surface area contributed by atoms with Crippen LogP contribution in [0.1, 0.15) is 25.7 Å². The summed E-state index contributed by atoms with van der Waals surface area (Å²) in [5, 5.41) is 2.80. The fraction of sp³-hybridized carbons (Fsp3) is 0.941. The number of carbonyl (C=O) groups excluding carboxylic acids is 1. The average Bonchev–Trinajstić information content (AvgIpc) is 3.36. The first-order valence-electron chi connectivity index (χ1n) is 9.10. The highest BCUT2D eigenvalue weighted by Gasteiger charge is 2.52. The van der Waals surface area contributed by atoms with Crippen molar-refractivity contribution < 1.29 is 14.3 Å². The lowest BCUT2D eigenvalue weighted by Gasteiger charge is -2.58.